The van der Waals surface area contributed by atoms with Crippen LogP contribution >= 0.6 is 15.9 Å². The maximum Gasteiger partial charge on any atom is 0.207 e. The van der Waals surface area contributed by atoms with E-state index in [-0.39, 0.29) is 11.5 Å². The molecule has 0 heterocycles. The van der Waals surface area contributed by atoms with Crippen molar-refractivity contribution in [2.45, 2.75) is 20.3 Å². The third-order valence-electron chi connectivity index (χ3n) is 2.26. The number of halogens is 1. The van der Waals surface area contributed by atoms with Crippen molar-refractivity contribution in [2.75, 3.05) is 6.54 Å². The molecule has 4 heteroatoms. The van der Waals surface area contributed by atoms with Crippen molar-refractivity contribution in [2.24, 2.45) is 0 Å². The Hall–Kier alpha value is -0.900. The smallest absolute Gasteiger partial charge is 0.207 e. The summed E-state index contributed by atoms with van der Waals surface area (Å²) in [6, 6.07) is 3.94. The molecule has 0 amide bonds. The van der Waals surface area contributed by atoms with E-state index < -0.39 is 0 Å². The number of nitro groups is 1. The van der Waals surface area contributed by atoms with E-state index in [1.54, 1.807) is 0 Å². The Morgan fingerprint density at radius 1 is 1.43 bits per heavy atom. The zero-order valence-electron chi connectivity index (χ0n) is 8.21. The lowest BCUT2D eigenvalue weighted by Gasteiger charge is -2.07. The summed E-state index contributed by atoms with van der Waals surface area (Å²) in [6.07, 6.45) is 0.498. The predicted octanol–water partition coefficient (Wildman–Crippen LogP) is 2.89. The Kier molecular flexibility index (Phi) is 3.63. The first-order valence-corrected chi connectivity index (χ1v) is 5.18. The number of hydrogen-bond donors (Lipinski definition) is 0. The van der Waals surface area contributed by atoms with Crippen molar-refractivity contribution in [3.63, 3.8) is 0 Å². The van der Waals surface area contributed by atoms with E-state index in [1.165, 1.54) is 0 Å². The molecule has 3 nitrogen and oxygen atoms in total. The molecule has 0 bridgehead atoms. The highest BCUT2D eigenvalue weighted by Gasteiger charge is 2.07. The van der Waals surface area contributed by atoms with Crippen LogP contribution in [-0.4, -0.2) is 11.5 Å². The van der Waals surface area contributed by atoms with Crippen LogP contribution in [0.4, 0.5) is 0 Å². The molecule has 76 valence electrons. The van der Waals surface area contributed by atoms with E-state index in [0.29, 0.717) is 6.42 Å². The topological polar surface area (TPSA) is 43.1 Å². The molecule has 1 aromatic carbocycles. The van der Waals surface area contributed by atoms with E-state index in [9.17, 15) is 10.1 Å². The molecule has 0 aliphatic carbocycles. The van der Waals surface area contributed by atoms with Gasteiger partial charge in [-0.05, 0) is 30.5 Å². The zero-order valence-corrected chi connectivity index (χ0v) is 9.80. The molecule has 0 saturated carbocycles. The van der Waals surface area contributed by atoms with Gasteiger partial charge in [0.05, 0.1) is 0 Å². The Morgan fingerprint density at radius 2 is 2.07 bits per heavy atom. The van der Waals surface area contributed by atoms with E-state index in [1.807, 2.05) is 26.0 Å². The maximum absolute atomic E-state index is 10.2. The molecular weight excluding hydrogens is 246 g/mol. The molecule has 0 spiro atoms. The predicted molar refractivity (Wildman–Crippen MR) is 59.2 cm³/mol. The van der Waals surface area contributed by atoms with E-state index in [2.05, 4.69) is 15.9 Å². The van der Waals surface area contributed by atoms with Gasteiger partial charge in [-0.1, -0.05) is 28.1 Å². The van der Waals surface area contributed by atoms with Crippen LogP contribution in [0.25, 0.3) is 0 Å². The molecule has 0 atom stereocenters. The van der Waals surface area contributed by atoms with E-state index in [0.717, 1.165) is 21.2 Å². The summed E-state index contributed by atoms with van der Waals surface area (Å²) >= 11 is 3.47. The van der Waals surface area contributed by atoms with Crippen LogP contribution in [0.3, 0.4) is 0 Å². The van der Waals surface area contributed by atoms with Crippen LogP contribution in [0, 0.1) is 24.0 Å². The molecule has 0 saturated heterocycles. The Labute approximate surface area is 91.4 Å². The minimum atomic E-state index is -0.285. The van der Waals surface area contributed by atoms with Gasteiger partial charge in [0.25, 0.3) is 0 Å². The fourth-order valence-electron chi connectivity index (χ4n) is 1.34. The van der Waals surface area contributed by atoms with Crippen molar-refractivity contribution in [3.05, 3.63) is 43.4 Å². The van der Waals surface area contributed by atoms with Gasteiger partial charge in [-0.25, -0.2) is 0 Å². The molecule has 14 heavy (non-hydrogen) atoms. The molecule has 1 rings (SSSR count). The largest absolute Gasteiger partial charge is 0.265 e. The molecule has 0 unspecified atom stereocenters. The summed E-state index contributed by atoms with van der Waals surface area (Å²) in [5, 5.41) is 10.2. The Bertz CT molecular complexity index is 363. The van der Waals surface area contributed by atoms with Crippen molar-refractivity contribution in [3.8, 4) is 0 Å². The first-order valence-electron chi connectivity index (χ1n) is 4.38. The second-order valence-corrected chi connectivity index (χ2v) is 4.08. The van der Waals surface area contributed by atoms with Crippen LogP contribution in [-0.2, 0) is 6.42 Å². The molecule has 0 fully saturated rings. The molecule has 0 radical (unpaired) electrons. The second kappa shape index (κ2) is 4.55. The summed E-state index contributed by atoms with van der Waals surface area (Å²) in [5.41, 5.74) is 3.30. The van der Waals surface area contributed by atoms with Gasteiger partial charge in [0.2, 0.25) is 6.54 Å². The summed E-state index contributed by atoms with van der Waals surface area (Å²) in [6.45, 7) is 3.98. The third kappa shape index (κ3) is 2.54. The highest BCUT2D eigenvalue weighted by atomic mass is 79.9. The fraction of sp³-hybridized carbons (Fsp3) is 0.400. The number of aryl methyl sites for hydroxylation is 1. The van der Waals surface area contributed by atoms with Gasteiger partial charge in [0.1, 0.15) is 0 Å². The van der Waals surface area contributed by atoms with Crippen LogP contribution in [0.2, 0.25) is 0 Å². The van der Waals surface area contributed by atoms with Crippen LogP contribution < -0.4 is 0 Å². The molecule has 0 aromatic heterocycles. The van der Waals surface area contributed by atoms with Gasteiger partial charge in [-0.2, -0.15) is 0 Å². The second-order valence-electron chi connectivity index (χ2n) is 3.29. The quantitative estimate of drug-likeness (QED) is 0.618. The van der Waals surface area contributed by atoms with Gasteiger partial charge >= 0.3 is 0 Å². The molecule has 0 N–H and O–H groups in total. The summed E-state index contributed by atoms with van der Waals surface area (Å²) in [7, 11) is 0. The summed E-state index contributed by atoms with van der Waals surface area (Å²) in [4.78, 5) is 9.95. The van der Waals surface area contributed by atoms with E-state index >= 15 is 0 Å². The SMILES string of the molecule is Cc1ccc(CC[N+](=O)[O-])c(C)c1Br. The lowest BCUT2D eigenvalue weighted by atomic mass is 10.0. The van der Waals surface area contributed by atoms with Crippen molar-refractivity contribution in [1.29, 1.82) is 0 Å². The average Bonchev–Trinajstić information content (AvgIpc) is 2.13. The van der Waals surface area contributed by atoms with Gasteiger partial charge in [-0.15, -0.1) is 0 Å². The van der Waals surface area contributed by atoms with Gasteiger partial charge < -0.3 is 0 Å². The number of hydrogen-bond acceptors (Lipinski definition) is 2. The lowest BCUT2D eigenvalue weighted by Crippen LogP contribution is -2.05. The minimum absolute atomic E-state index is 0.00363. The lowest BCUT2D eigenvalue weighted by molar-refractivity contribution is -0.479. The monoisotopic (exact) mass is 257 g/mol. The van der Waals surface area contributed by atoms with Crippen molar-refractivity contribution >= 4 is 15.9 Å². The summed E-state index contributed by atoms with van der Waals surface area (Å²) < 4.78 is 1.05. The average molecular weight is 258 g/mol. The van der Waals surface area contributed by atoms with Crippen LogP contribution in [0.1, 0.15) is 16.7 Å². The van der Waals surface area contributed by atoms with Crippen molar-refractivity contribution < 1.29 is 4.92 Å². The van der Waals surface area contributed by atoms with E-state index in [4.69, 9.17) is 0 Å². The Morgan fingerprint density at radius 3 is 2.64 bits per heavy atom. The standard InChI is InChI=1S/C10H12BrNO2/c1-7-3-4-9(5-6-12(13)14)8(2)10(7)11/h3-4H,5-6H2,1-2H3. The van der Waals surface area contributed by atoms with Gasteiger partial charge in [-0.3, -0.25) is 10.1 Å². The summed E-state index contributed by atoms with van der Waals surface area (Å²) in [5.74, 6) is 0. The molecular formula is C10H12BrNO2. The highest BCUT2D eigenvalue weighted by molar-refractivity contribution is 9.10. The van der Waals surface area contributed by atoms with Crippen molar-refractivity contribution in [1.82, 2.24) is 0 Å². The van der Waals surface area contributed by atoms with Crippen LogP contribution in [0.15, 0.2) is 16.6 Å². The number of benzene rings is 1. The molecule has 0 aliphatic rings. The normalized spacial score (nSPS) is 10.2. The van der Waals surface area contributed by atoms with Crippen LogP contribution in [0.5, 0.6) is 0 Å². The first-order chi connectivity index (χ1) is 6.52. The fourth-order valence-corrected chi connectivity index (χ4v) is 1.73. The number of rotatable bonds is 3. The third-order valence-corrected chi connectivity index (χ3v) is 3.48. The number of nitrogens with zero attached hydrogens (tertiary/aromatic N) is 1. The maximum atomic E-state index is 10.2. The zero-order chi connectivity index (χ0) is 10.7. The highest BCUT2D eigenvalue weighted by Crippen LogP contribution is 2.24. The van der Waals surface area contributed by atoms with Gasteiger partial charge in [0, 0.05) is 15.8 Å². The minimum Gasteiger partial charge on any atom is -0.265 e. The molecule has 1 aromatic rings. The molecule has 0 aliphatic heterocycles. The van der Waals surface area contributed by atoms with Gasteiger partial charge in [0.15, 0.2) is 0 Å². The Balaban J connectivity index is 2.88. The first kappa shape index (κ1) is 11.2.